The van der Waals surface area contributed by atoms with E-state index in [4.69, 9.17) is 9.47 Å². The Morgan fingerprint density at radius 3 is 1.82 bits per heavy atom. The predicted octanol–water partition coefficient (Wildman–Crippen LogP) is 4.46. The van der Waals surface area contributed by atoms with Gasteiger partial charge in [-0.2, -0.15) is 0 Å². The van der Waals surface area contributed by atoms with Gasteiger partial charge in [-0.05, 0) is 68.7 Å². The summed E-state index contributed by atoms with van der Waals surface area (Å²) in [6, 6.07) is 25.8. The number of aliphatic hydroxyl groups is 2. The number of fused-ring (bicyclic) bond motifs is 1. The minimum Gasteiger partial charge on any atom is -0.444 e. The minimum atomic E-state index is -0.989. The van der Waals surface area contributed by atoms with Crippen molar-refractivity contribution in [2.75, 3.05) is 13.1 Å². The van der Waals surface area contributed by atoms with Crippen LogP contribution >= 0.6 is 0 Å². The topological polar surface area (TPSA) is 129 Å². The molecular weight excluding hydrogens is 558 g/mol. The van der Waals surface area contributed by atoms with Gasteiger partial charge in [0.05, 0.1) is 24.3 Å². The molecule has 0 spiro atoms. The molecule has 1 unspecified atom stereocenters. The maximum Gasteiger partial charge on any atom is 0.408 e. The number of ether oxygens (including phenoxy) is 2. The number of carbonyl (C=O) groups excluding carboxylic acids is 2. The number of rotatable bonds is 13. The predicted molar refractivity (Wildman–Crippen MR) is 169 cm³/mol. The summed E-state index contributed by atoms with van der Waals surface area (Å²) in [6.45, 7) is 5.51. The largest absolute Gasteiger partial charge is 0.444 e. The van der Waals surface area contributed by atoms with Gasteiger partial charge in [0.1, 0.15) is 11.7 Å². The third kappa shape index (κ3) is 10.4. The van der Waals surface area contributed by atoms with Crippen molar-refractivity contribution in [3.63, 3.8) is 0 Å². The van der Waals surface area contributed by atoms with Crippen LogP contribution in [0.5, 0.6) is 0 Å². The normalized spacial score (nSPS) is 17.1. The van der Waals surface area contributed by atoms with Gasteiger partial charge in [0, 0.05) is 13.1 Å². The number of carbonyl (C=O) groups is 2. The van der Waals surface area contributed by atoms with Crippen molar-refractivity contribution < 1.29 is 29.3 Å². The molecule has 0 heterocycles. The summed E-state index contributed by atoms with van der Waals surface area (Å²) >= 11 is 0. The van der Waals surface area contributed by atoms with Crippen LogP contribution in [0.4, 0.5) is 9.59 Å². The molecule has 4 rings (SSSR count). The lowest BCUT2D eigenvalue weighted by molar-refractivity contribution is 0.0415. The van der Waals surface area contributed by atoms with Crippen molar-refractivity contribution in [1.82, 2.24) is 16.0 Å². The molecule has 0 radical (unpaired) electrons. The second-order valence-corrected chi connectivity index (χ2v) is 12.3. The van der Waals surface area contributed by atoms with Gasteiger partial charge in [-0.15, -0.1) is 0 Å². The third-order valence-corrected chi connectivity index (χ3v) is 7.57. The number of hydrogen-bond acceptors (Lipinski definition) is 7. The lowest BCUT2D eigenvalue weighted by Gasteiger charge is -2.28. The molecule has 1 aliphatic rings. The zero-order valence-electron chi connectivity index (χ0n) is 25.7. The zero-order chi connectivity index (χ0) is 31.5. The molecule has 0 aliphatic heterocycles. The first-order valence-corrected chi connectivity index (χ1v) is 15.3. The Hall–Kier alpha value is -3.92. The van der Waals surface area contributed by atoms with Gasteiger partial charge < -0.3 is 35.6 Å². The average Bonchev–Trinajstić information content (AvgIpc) is 3.39. The van der Waals surface area contributed by atoms with Crippen LogP contribution < -0.4 is 16.0 Å². The Kier molecular flexibility index (Phi) is 11.8. The highest BCUT2D eigenvalue weighted by molar-refractivity contribution is 5.68. The number of aryl methyl sites for hydroxylation is 1. The summed E-state index contributed by atoms with van der Waals surface area (Å²) in [6.07, 6.45) is -1.15. The van der Waals surface area contributed by atoms with Crippen LogP contribution in [0.1, 0.15) is 55.5 Å². The summed E-state index contributed by atoms with van der Waals surface area (Å²) in [7, 11) is 0. The van der Waals surface area contributed by atoms with Gasteiger partial charge in [-0.25, -0.2) is 9.59 Å². The van der Waals surface area contributed by atoms with Crippen LogP contribution in [-0.4, -0.2) is 65.4 Å². The number of alkyl carbamates (subject to hydrolysis) is 2. The number of nitrogens with one attached hydrogen (secondary N) is 3. The maximum atomic E-state index is 13.0. The molecule has 236 valence electrons. The molecule has 0 saturated carbocycles. The maximum absolute atomic E-state index is 13.0. The second-order valence-electron chi connectivity index (χ2n) is 12.3. The molecular formula is C35H45N3O6. The SMILES string of the molecule is CC(C)(C)OC(=O)N[C@@H](Cc1ccccc1)[C@H](O)CNC[C@@H](O)[C@H](Cc1ccccc1)NC(=O)OC1CCc2ccccc21. The monoisotopic (exact) mass is 603 g/mol. The fourth-order valence-electron chi connectivity index (χ4n) is 5.38. The Bertz CT molecular complexity index is 1330. The zero-order valence-corrected chi connectivity index (χ0v) is 25.7. The molecule has 0 bridgehead atoms. The fraction of sp³-hybridized carbons (Fsp3) is 0.429. The fourth-order valence-corrected chi connectivity index (χ4v) is 5.38. The van der Waals surface area contributed by atoms with Crippen LogP contribution in [0.3, 0.4) is 0 Å². The van der Waals surface area contributed by atoms with Crippen LogP contribution in [0.15, 0.2) is 84.9 Å². The smallest absolute Gasteiger partial charge is 0.408 e. The molecule has 0 fully saturated rings. The lowest BCUT2D eigenvalue weighted by Crippen LogP contribution is -2.52. The van der Waals surface area contributed by atoms with E-state index < -0.39 is 42.1 Å². The quantitative estimate of drug-likeness (QED) is 0.195. The molecule has 5 atom stereocenters. The molecule has 1 aliphatic carbocycles. The van der Waals surface area contributed by atoms with Crippen molar-refractivity contribution in [2.24, 2.45) is 0 Å². The van der Waals surface area contributed by atoms with Gasteiger partial charge in [0.15, 0.2) is 0 Å². The standard InChI is InChI=1S/C35H45N3O6/c1-35(2,3)44-34(42)38-29(21-25-14-8-5-9-15-25)31(40)23-36-22-30(39)28(20-24-12-6-4-7-13-24)37-33(41)43-32-19-18-26-16-10-11-17-27(26)32/h4-17,28-32,36,39-40H,18-23H2,1-3H3,(H,37,41)(H,38,42)/t28-,29-,30+,31+,32?/m0/s1. The third-order valence-electron chi connectivity index (χ3n) is 7.57. The molecule has 5 N–H and O–H groups in total. The van der Waals surface area contributed by atoms with E-state index in [0.29, 0.717) is 12.8 Å². The summed E-state index contributed by atoms with van der Waals surface area (Å²) < 4.78 is 11.2. The van der Waals surface area contributed by atoms with E-state index in [1.165, 1.54) is 5.56 Å². The molecule has 0 aromatic heterocycles. The van der Waals surface area contributed by atoms with Crippen molar-refractivity contribution in [3.05, 3.63) is 107 Å². The van der Waals surface area contributed by atoms with E-state index in [1.807, 2.05) is 84.9 Å². The Morgan fingerprint density at radius 1 is 0.773 bits per heavy atom. The van der Waals surface area contributed by atoms with Crippen LogP contribution in [0.2, 0.25) is 0 Å². The molecule has 9 heteroatoms. The highest BCUT2D eigenvalue weighted by Crippen LogP contribution is 2.33. The van der Waals surface area contributed by atoms with Gasteiger partial charge in [-0.1, -0.05) is 84.9 Å². The van der Waals surface area contributed by atoms with Crippen LogP contribution in [0, 0.1) is 0 Å². The van der Waals surface area contributed by atoms with Crippen molar-refractivity contribution in [1.29, 1.82) is 0 Å². The van der Waals surface area contributed by atoms with E-state index in [-0.39, 0.29) is 19.2 Å². The van der Waals surface area contributed by atoms with Gasteiger partial charge in [0.2, 0.25) is 0 Å². The summed E-state index contributed by atoms with van der Waals surface area (Å²) in [5.41, 5.74) is 3.41. The van der Waals surface area contributed by atoms with E-state index in [1.54, 1.807) is 20.8 Å². The molecule has 44 heavy (non-hydrogen) atoms. The van der Waals surface area contributed by atoms with Crippen molar-refractivity contribution in [2.45, 2.75) is 82.5 Å². The average molecular weight is 604 g/mol. The summed E-state index contributed by atoms with van der Waals surface area (Å²) in [4.78, 5) is 25.5. The van der Waals surface area contributed by atoms with E-state index >= 15 is 0 Å². The lowest BCUT2D eigenvalue weighted by atomic mass is 10.00. The number of hydrogen-bond donors (Lipinski definition) is 5. The summed E-state index contributed by atoms with van der Waals surface area (Å²) in [5, 5.41) is 31.1. The van der Waals surface area contributed by atoms with Gasteiger partial charge in [0.25, 0.3) is 0 Å². The van der Waals surface area contributed by atoms with Crippen molar-refractivity contribution in [3.8, 4) is 0 Å². The van der Waals surface area contributed by atoms with E-state index in [9.17, 15) is 19.8 Å². The highest BCUT2D eigenvalue weighted by Gasteiger charge is 2.29. The van der Waals surface area contributed by atoms with E-state index in [2.05, 4.69) is 16.0 Å². The minimum absolute atomic E-state index is 0.0889. The summed E-state index contributed by atoms with van der Waals surface area (Å²) in [5.74, 6) is 0. The molecule has 9 nitrogen and oxygen atoms in total. The van der Waals surface area contributed by atoms with E-state index in [0.717, 1.165) is 29.5 Å². The van der Waals surface area contributed by atoms with Gasteiger partial charge >= 0.3 is 12.2 Å². The number of aliphatic hydroxyl groups excluding tert-OH is 2. The highest BCUT2D eigenvalue weighted by atomic mass is 16.6. The first kappa shape index (κ1) is 33.0. The first-order chi connectivity index (χ1) is 21.1. The molecule has 3 aromatic rings. The Balaban J connectivity index is 1.36. The number of amides is 2. The molecule has 0 saturated heterocycles. The van der Waals surface area contributed by atoms with Crippen LogP contribution in [-0.2, 0) is 28.7 Å². The Morgan fingerprint density at radius 2 is 1.27 bits per heavy atom. The number of benzene rings is 3. The van der Waals surface area contributed by atoms with Gasteiger partial charge in [-0.3, -0.25) is 0 Å². The van der Waals surface area contributed by atoms with Crippen molar-refractivity contribution >= 4 is 12.2 Å². The second kappa shape index (κ2) is 15.7. The molecule has 3 aromatic carbocycles. The molecule has 2 amide bonds. The first-order valence-electron chi connectivity index (χ1n) is 15.3. The van der Waals surface area contributed by atoms with Crippen LogP contribution in [0.25, 0.3) is 0 Å². The Labute approximate surface area is 260 Å².